The molecule has 7 heteroatoms. The number of rotatable bonds is 5. The number of aliphatic hydroxyl groups excluding tert-OH is 1. The third-order valence-electron chi connectivity index (χ3n) is 2.38. The molecule has 1 N–H and O–H groups in total. The molecule has 1 aromatic rings. The van der Waals surface area contributed by atoms with Crippen molar-refractivity contribution in [1.29, 1.82) is 0 Å². The van der Waals surface area contributed by atoms with Crippen LogP contribution in [0, 0.1) is 5.82 Å². The van der Waals surface area contributed by atoms with Gasteiger partial charge in [-0.2, -0.15) is 0 Å². The summed E-state index contributed by atoms with van der Waals surface area (Å²) in [6.45, 7) is 1.67. The van der Waals surface area contributed by atoms with Gasteiger partial charge >= 0.3 is 5.97 Å². The van der Waals surface area contributed by atoms with Gasteiger partial charge in [-0.1, -0.05) is 0 Å². The van der Waals surface area contributed by atoms with Crippen molar-refractivity contribution >= 4 is 21.9 Å². The van der Waals surface area contributed by atoms with Crippen LogP contribution in [0.1, 0.15) is 18.6 Å². The van der Waals surface area contributed by atoms with Crippen molar-refractivity contribution < 1.29 is 28.5 Å². The third-order valence-corrected chi connectivity index (χ3v) is 3.17. The number of halogens is 2. The van der Waals surface area contributed by atoms with Gasteiger partial charge in [-0.15, -0.1) is 0 Å². The second-order valence-corrected chi connectivity index (χ2v) is 4.27. The predicted octanol–water partition coefficient (Wildman–Crippen LogP) is 2.20. The van der Waals surface area contributed by atoms with Crippen LogP contribution in [0.25, 0.3) is 0 Å². The van der Waals surface area contributed by atoms with E-state index >= 15 is 0 Å². The predicted molar refractivity (Wildman–Crippen MR) is 68.8 cm³/mol. The number of carbonyl (C=O) groups is 1. The van der Waals surface area contributed by atoms with Crippen molar-refractivity contribution in [1.82, 2.24) is 0 Å². The summed E-state index contributed by atoms with van der Waals surface area (Å²) >= 11 is 3.09. The van der Waals surface area contributed by atoms with Crippen molar-refractivity contribution in [3.05, 3.63) is 21.9 Å². The number of carbonyl (C=O) groups excluding carboxylic acids is 1. The molecule has 0 aliphatic heterocycles. The molecule has 0 saturated carbocycles. The van der Waals surface area contributed by atoms with E-state index in [9.17, 15) is 14.3 Å². The largest absolute Gasteiger partial charge is 0.493 e. The second-order valence-electron chi connectivity index (χ2n) is 3.48. The summed E-state index contributed by atoms with van der Waals surface area (Å²) in [6, 6.07) is 1.03. The highest BCUT2D eigenvalue weighted by Gasteiger charge is 2.28. The maximum absolute atomic E-state index is 13.9. The maximum atomic E-state index is 13.9. The smallest absolute Gasteiger partial charge is 0.339 e. The third kappa shape index (κ3) is 3.16. The van der Waals surface area contributed by atoms with Crippen LogP contribution in [-0.2, 0) is 9.53 Å². The van der Waals surface area contributed by atoms with Gasteiger partial charge in [-0.05, 0) is 22.9 Å². The van der Waals surface area contributed by atoms with Gasteiger partial charge in [0.25, 0.3) is 0 Å². The van der Waals surface area contributed by atoms with Crippen LogP contribution in [0.15, 0.2) is 10.5 Å². The van der Waals surface area contributed by atoms with Crippen LogP contribution < -0.4 is 9.47 Å². The summed E-state index contributed by atoms with van der Waals surface area (Å²) in [5, 5.41) is 9.82. The Morgan fingerprint density at radius 2 is 2.11 bits per heavy atom. The first kappa shape index (κ1) is 15.7. The average Bonchev–Trinajstić information content (AvgIpc) is 2.38. The minimum absolute atomic E-state index is 0.0857. The number of benzene rings is 1. The first-order chi connectivity index (χ1) is 8.97. The summed E-state index contributed by atoms with van der Waals surface area (Å²) in [7, 11) is 2.71. The molecule has 0 bridgehead atoms. The molecule has 106 valence electrons. The van der Waals surface area contributed by atoms with E-state index in [-0.39, 0.29) is 28.1 Å². The summed E-state index contributed by atoms with van der Waals surface area (Å²) in [6.07, 6.45) is -1.74. The molecule has 0 radical (unpaired) electrons. The molecule has 0 heterocycles. The molecule has 0 aromatic heterocycles. The molecular formula is C12H14BrFO5. The van der Waals surface area contributed by atoms with Crippen LogP contribution in [0.2, 0.25) is 0 Å². The fraction of sp³-hybridized carbons (Fsp3) is 0.417. The van der Waals surface area contributed by atoms with Crippen LogP contribution in [0.4, 0.5) is 4.39 Å². The van der Waals surface area contributed by atoms with Gasteiger partial charge in [0.2, 0.25) is 0 Å². The molecule has 5 nitrogen and oxygen atoms in total. The Balaban J connectivity index is 3.32. The zero-order valence-corrected chi connectivity index (χ0v) is 12.3. The van der Waals surface area contributed by atoms with Gasteiger partial charge < -0.3 is 19.3 Å². The normalized spacial score (nSPS) is 11.9. The molecule has 1 unspecified atom stereocenters. The van der Waals surface area contributed by atoms with Crippen LogP contribution in [-0.4, -0.2) is 31.9 Å². The Kier molecular flexibility index (Phi) is 5.56. The van der Waals surface area contributed by atoms with Crippen LogP contribution >= 0.6 is 15.9 Å². The van der Waals surface area contributed by atoms with E-state index in [4.69, 9.17) is 9.47 Å². The standard InChI is InChI=1S/C12H14BrFO5/c1-4-19-12(16)10(15)8-6(14)5-7(17-2)11(18-3)9(8)13/h5,10,15H,4H2,1-3H3. The van der Waals surface area contributed by atoms with Gasteiger partial charge in [0, 0.05) is 11.6 Å². The summed E-state index contributed by atoms with van der Waals surface area (Å²) in [5.74, 6) is -1.41. The Morgan fingerprint density at radius 1 is 1.47 bits per heavy atom. The van der Waals surface area contributed by atoms with E-state index in [1.54, 1.807) is 6.92 Å². The number of ether oxygens (including phenoxy) is 3. The number of aliphatic hydroxyl groups is 1. The topological polar surface area (TPSA) is 65.0 Å². The molecule has 0 amide bonds. The average molecular weight is 337 g/mol. The van der Waals surface area contributed by atoms with Gasteiger partial charge in [-0.3, -0.25) is 0 Å². The monoisotopic (exact) mass is 336 g/mol. The van der Waals surface area contributed by atoms with E-state index in [1.165, 1.54) is 14.2 Å². The van der Waals surface area contributed by atoms with Gasteiger partial charge in [-0.25, -0.2) is 9.18 Å². The minimum Gasteiger partial charge on any atom is -0.493 e. The molecular weight excluding hydrogens is 323 g/mol. The SMILES string of the molecule is CCOC(=O)C(O)c1c(F)cc(OC)c(OC)c1Br. The second kappa shape index (κ2) is 6.72. The maximum Gasteiger partial charge on any atom is 0.339 e. The lowest BCUT2D eigenvalue weighted by Gasteiger charge is -2.17. The Bertz CT molecular complexity index is 478. The lowest BCUT2D eigenvalue weighted by Crippen LogP contribution is -2.17. The highest BCUT2D eigenvalue weighted by atomic mass is 79.9. The zero-order valence-electron chi connectivity index (χ0n) is 10.7. The van der Waals surface area contributed by atoms with E-state index in [2.05, 4.69) is 20.7 Å². The number of methoxy groups -OCH3 is 2. The quantitative estimate of drug-likeness (QED) is 0.835. The van der Waals surface area contributed by atoms with E-state index in [0.717, 1.165) is 6.07 Å². The van der Waals surface area contributed by atoms with Crippen LogP contribution in [0.5, 0.6) is 11.5 Å². The Morgan fingerprint density at radius 3 is 2.58 bits per heavy atom. The Hall–Kier alpha value is -1.34. The van der Waals surface area contributed by atoms with Crippen molar-refractivity contribution in [2.75, 3.05) is 20.8 Å². The first-order valence-electron chi connectivity index (χ1n) is 5.42. The van der Waals surface area contributed by atoms with Crippen molar-refractivity contribution in [2.24, 2.45) is 0 Å². The molecule has 1 aromatic carbocycles. The van der Waals surface area contributed by atoms with E-state index < -0.39 is 17.9 Å². The van der Waals surface area contributed by atoms with E-state index in [0.29, 0.717) is 0 Å². The Labute approximate surface area is 118 Å². The molecule has 0 aliphatic carbocycles. The number of esters is 1. The van der Waals surface area contributed by atoms with Crippen molar-refractivity contribution in [2.45, 2.75) is 13.0 Å². The molecule has 1 rings (SSSR count). The number of hydrogen-bond acceptors (Lipinski definition) is 5. The highest BCUT2D eigenvalue weighted by Crippen LogP contribution is 2.41. The molecule has 0 saturated heterocycles. The number of hydrogen-bond donors (Lipinski definition) is 1. The summed E-state index contributed by atoms with van der Waals surface area (Å²) in [4.78, 5) is 11.5. The summed E-state index contributed by atoms with van der Waals surface area (Å²) < 4.78 is 28.7. The van der Waals surface area contributed by atoms with Crippen molar-refractivity contribution in [3.8, 4) is 11.5 Å². The van der Waals surface area contributed by atoms with Crippen molar-refractivity contribution in [3.63, 3.8) is 0 Å². The highest BCUT2D eigenvalue weighted by molar-refractivity contribution is 9.10. The van der Waals surface area contributed by atoms with E-state index in [1.807, 2.05) is 0 Å². The fourth-order valence-electron chi connectivity index (χ4n) is 1.53. The van der Waals surface area contributed by atoms with Gasteiger partial charge in [0.15, 0.2) is 17.6 Å². The summed E-state index contributed by atoms with van der Waals surface area (Å²) in [5.41, 5.74) is -0.254. The van der Waals surface area contributed by atoms with Crippen LogP contribution in [0.3, 0.4) is 0 Å². The first-order valence-corrected chi connectivity index (χ1v) is 6.21. The van der Waals surface area contributed by atoms with Gasteiger partial charge in [0.05, 0.1) is 25.3 Å². The fourth-order valence-corrected chi connectivity index (χ4v) is 2.29. The molecule has 0 aliphatic rings. The van der Waals surface area contributed by atoms with Gasteiger partial charge in [0.1, 0.15) is 5.82 Å². The molecule has 0 spiro atoms. The molecule has 19 heavy (non-hydrogen) atoms. The lowest BCUT2D eigenvalue weighted by atomic mass is 10.1. The zero-order chi connectivity index (χ0) is 14.6. The minimum atomic E-state index is -1.74. The molecule has 1 atom stereocenters. The lowest BCUT2D eigenvalue weighted by molar-refractivity contribution is -0.153. The molecule has 0 fully saturated rings.